The first-order chi connectivity index (χ1) is 15.5. The van der Waals surface area contributed by atoms with E-state index in [1.807, 2.05) is 24.3 Å². The van der Waals surface area contributed by atoms with Crippen LogP contribution in [-0.2, 0) is 6.42 Å². The summed E-state index contributed by atoms with van der Waals surface area (Å²) in [7, 11) is 0. The fraction of sp³-hybridized carbons (Fsp3) is 0.154. The molecule has 0 atom stereocenters. The van der Waals surface area contributed by atoms with E-state index in [9.17, 15) is 9.59 Å². The summed E-state index contributed by atoms with van der Waals surface area (Å²) < 4.78 is 21.9. The number of hydrogen-bond acceptors (Lipinski definition) is 6. The first kappa shape index (κ1) is 19.9. The molecule has 5 rings (SSSR count). The monoisotopic (exact) mass is 428 g/mol. The predicted molar refractivity (Wildman–Crippen MR) is 117 cm³/mol. The molecular weight excluding hydrogens is 408 g/mol. The molecular formula is C26H20O6. The third-order valence-electron chi connectivity index (χ3n) is 5.45. The van der Waals surface area contributed by atoms with Crippen molar-refractivity contribution >= 4 is 17.8 Å². The Hall–Kier alpha value is -4.06. The minimum Gasteiger partial charge on any atom is -0.454 e. The number of fused-ring (bicyclic) bond motifs is 2. The van der Waals surface area contributed by atoms with E-state index < -0.39 is 5.97 Å². The average Bonchev–Trinajstić information content (AvgIpc) is 3.38. The lowest BCUT2D eigenvalue weighted by Gasteiger charge is -2.08. The summed E-state index contributed by atoms with van der Waals surface area (Å²) in [5, 5.41) is 0. The zero-order chi connectivity index (χ0) is 22.2. The number of carbonyl (C=O) groups is 2. The highest BCUT2D eigenvalue weighted by Gasteiger charge is 2.30. The van der Waals surface area contributed by atoms with E-state index in [-0.39, 0.29) is 18.3 Å². The van der Waals surface area contributed by atoms with Gasteiger partial charge in [-0.25, -0.2) is 4.79 Å². The number of benzene rings is 3. The van der Waals surface area contributed by atoms with Crippen LogP contribution in [0.1, 0.15) is 44.3 Å². The van der Waals surface area contributed by atoms with E-state index in [1.165, 1.54) is 5.56 Å². The number of hydrogen-bond donors (Lipinski definition) is 0. The molecule has 0 saturated heterocycles. The molecule has 0 aliphatic carbocycles. The van der Waals surface area contributed by atoms with Crippen molar-refractivity contribution in [1.29, 1.82) is 0 Å². The largest absolute Gasteiger partial charge is 0.454 e. The molecule has 0 amide bonds. The molecule has 0 radical (unpaired) electrons. The third kappa shape index (κ3) is 3.60. The van der Waals surface area contributed by atoms with Crippen LogP contribution in [0.2, 0.25) is 0 Å². The molecule has 2 aliphatic rings. The normalized spacial score (nSPS) is 14.9. The topological polar surface area (TPSA) is 71.1 Å². The molecule has 0 bridgehead atoms. The standard InChI is InChI=1S/C26H20O6/c1-3-16-4-6-17(7-5-16)11-23-25(27)24-15(2)10-19(13-22(24)32-23)31-26(28)18-8-9-20-21(12-18)30-14-29-20/h4-13H,3,14H2,1-2H3/b23-11-. The lowest BCUT2D eigenvalue weighted by atomic mass is 10.0. The van der Waals surface area contributed by atoms with Crippen LogP contribution in [0.5, 0.6) is 23.0 Å². The fourth-order valence-corrected chi connectivity index (χ4v) is 3.73. The maximum Gasteiger partial charge on any atom is 0.343 e. The van der Waals surface area contributed by atoms with Gasteiger partial charge in [0.1, 0.15) is 11.5 Å². The molecule has 2 heterocycles. The molecule has 0 spiro atoms. The van der Waals surface area contributed by atoms with Crippen molar-refractivity contribution in [2.24, 2.45) is 0 Å². The van der Waals surface area contributed by atoms with Crippen LogP contribution >= 0.6 is 0 Å². The second kappa shape index (κ2) is 7.89. The molecule has 0 fully saturated rings. The van der Waals surface area contributed by atoms with Crippen LogP contribution in [0, 0.1) is 6.92 Å². The van der Waals surface area contributed by atoms with Crippen LogP contribution in [0.25, 0.3) is 6.08 Å². The van der Waals surface area contributed by atoms with Crippen LogP contribution in [0.15, 0.2) is 60.4 Å². The van der Waals surface area contributed by atoms with Gasteiger partial charge in [0.15, 0.2) is 17.3 Å². The Morgan fingerprint density at radius 1 is 1.00 bits per heavy atom. The van der Waals surface area contributed by atoms with Crippen molar-refractivity contribution in [2.75, 3.05) is 6.79 Å². The highest BCUT2D eigenvalue weighted by atomic mass is 16.7. The quantitative estimate of drug-likeness (QED) is 0.326. The van der Waals surface area contributed by atoms with Crippen LogP contribution in [0.4, 0.5) is 0 Å². The summed E-state index contributed by atoms with van der Waals surface area (Å²) in [5.41, 5.74) is 3.58. The third-order valence-corrected chi connectivity index (χ3v) is 5.45. The molecule has 0 aromatic heterocycles. The van der Waals surface area contributed by atoms with Gasteiger partial charge in [-0.1, -0.05) is 31.2 Å². The number of Topliss-reactive ketones (excluding diaryl/α,β-unsaturated/α-hetero) is 1. The van der Waals surface area contributed by atoms with Crippen molar-refractivity contribution in [3.63, 3.8) is 0 Å². The van der Waals surface area contributed by atoms with Gasteiger partial charge in [-0.15, -0.1) is 0 Å². The molecule has 0 saturated carbocycles. The summed E-state index contributed by atoms with van der Waals surface area (Å²) >= 11 is 0. The van der Waals surface area contributed by atoms with Gasteiger partial charge in [0, 0.05) is 6.07 Å². The average molecular weight is 428 g/mol. The summed E-state index contributed by atoms with van der Waals surface area (Å²) in [5.74, 6) is 1.27. The second-order valence-corrected chi connectivity index (χ2v) is 7.61. The van der Waals surface area contributed by atoms with Gasteiger partial charge < -0.3 is 18.9 Å². The van der Waals surface area contributed by atoms with Gasteiger partial charge in [0.05, 0.1) is 11.1 Å². The predicted octanol–water partition coefficient (Wildman–Crippen LogP) is 5.12. The Kier molecular flexibility index (Phi) is 4.90. The Morgan fingerprint density at radius 2 is 1.78 bits per heavy atom. The number of ether oxygens (including phenoxy) is 4. The molecule has 32 heavy (non-hydrogen) atoms. The Balaban J connectivity index is 1.38. The maximum atomic E-state index is 12.9. The number of rotatable bonds is 4. The van der Waals surface area contributed by atoms with E-state index in [1.54, 1.807) is 43.3 Å². The first-order valence-electron chi connectivity index (χ1n) is 10.3. The summed E-state index contributed by atoms with van der Waals surface area (Å²) in [4.78, 5) is 25.5. The Morgan fingerprint density at radius 3 is 2.56 bits per heavy atom. The van der Waals surface area contributed by atoms with Crippen LogP contribution < -0.4 is 18.9 Å². The van der Waals surface area contributed by atoms with Crippen molar-refractivity contribution in [3.05, 3.63) is 88.2 Å². The number of carbonyl (C=O) groups excluding carboxylic acids is 2. The van der Waals surface area contributed by atoms with Crippen LogP contribution in [-0.4, -0.2) is 18.5 Å². The smallest absolute Gasteiger partial charge is 0.343 e. The molecule has 3 aromatic carbocycles. The molecule has 6 nitrogen and oxygen atoms in total. The molecule has 6 heteroatoms. The Bertz CT molecular complexity index is 1270. The fourth-order valence-electron chi connectivity index (χ4n) is 3.73. The molecule has 160 valence electrons. The minimum absolute atomic E-state index is 0.127. The van der Waals surface area contributed by atoms with Crippen molar-refractivity contribution in [3.8, 4) is 23.0 Å². The van der Waals surface area contributed by atoms with Crippen LogP contribution in [0.3, 0.4) is 0 Å². The van der Waals surface area contributed by atoms with E-state index in [0.717, 1.165) is 12.0 Å². The number of ketones is 1. The SMILES string of the molecule is CCc1ccc(/C=C2\Oc3cc(OC(=O)c4ccc5c(c4)OCO5)cc(C)c3C2=O)cc1. The highest BCUT2D eigenvalue weighted by Crippen LogP contribution is 2.38. The van der Waals surface area contributed by atoms with E-state index in [0.29, 0.717) is 39.7 Å². The van der Waals surface area contributed by atoms with E-state index in [4.69, 9.17) is 18.9 Å². The minimum atomic E-state index is -0.543. The summed E-state index contributed by atoms with van der Waals surface area (Å²) in [6, 6.07) is 16.0. The van der Waals surface area contributed by atoms with Gasteiger partial charge in [-0.3, -0.25) is 4.79 Å². The number of aryl methyl sites for hydroxylation is 2. The number of esters is 1. The van der Waals surface area contributed by atoms with Gasteiger partial charge in [-0.2, -0.15) is 0 Å². The van der Waals surface area contributed by atoms with Gasteiger partial charge >= 0.3 is 5.97 Å². The first-order valence-corrected chi connectivity index (χ1v) is 10.3. The maximum absolute atomic E-state index is 12.9. The Labute approximate surface area is 185 Å². The molecule has 3 aromatic rings. The number of allylic oxidation sites excluding steroid dienone is 1. The van der Waals surface area contributed by atoms with E-state index >= 15 is 0 Å². The molecule has 0 unspecified atom stereocenters. The molecule has 2 aliphatic heterocycles. The lowest BCUT2D eigenvalue weighted by Crippen LogP contribution is -2.08. The summed E-state index contributed by atoms with van der Waals surface area (Å²) in [6.45, 7) is 4.01. The summed E-state index contributed by atoms with van der Waals surface area (Å²) in [6.07, 6.45) is 2.67. The van der Waals surface area contributed by atoms with E-state index in [2.05, 4.69) is 6.92 Å². The lowest BCUT2D eigenvalue weighted by molar-refractivity contribution is 0.0734. The zero-order valence-electron chi connectivity index (χ0n) is 17.6. The van der Waals surface area contributed by atoms with Gasteiger partial charge in [0.2, 0.25) is 12.6 Å². The second-order valence-electron chi connectivity index (χ2n) is 7.61. The molecule has 0 N–H and O–H groups in total. The highest BCUT2D eigenvalue weighted by molar-refractivity contribution is 6.15. The zero-order valence-corrected chi connectivity index (χ0v) is 17.6. The van der Waals surface area contributed by atoms with Crippen molar-refractivity contribution < 1.29 is 28.5 Å². The van der Waals surface area contributed by atoms with Gasteiger partial charge in [0.25, 0.3) is 0 Å². The van der Waals surface area contributed by atoms with Gasteiger partial charge in [-0.05, 0) is 60.4 Å². The van der Waals surface area contributed by atoms with Crippen molar-refractivity contribution in [1.82, 2.24) is 0 Å². The van der Waals surface area contributed by atoms with Crippen molar-refractivity contribution in [2.45, 2.75) is 20.3 Å².